The van der Waals surface area contributed by atoms with E-state index in [4.69, 9.17) is 11.6 Å². The Morgan fingerprint density at radius 2 is 1.77 bits per heavy atom. The Kier molecular flexibility index (Phi) is 6.60. The van der Waals surface area contributed by atoms with Crippen LogP contribution in [0.25, 0.3) is 22.3 Å². The first-order chi connectivity index (χ1) is 15.1. The van der Waals surface area contributed by atoms with Crippen LogP contribution < -0.4 is 10.6 Å². The van der Waals surface area contributed by atoms with Gasteiger partial charge in [-0.1, -0.05) is 41.9 Å². The largest absolute Gasteiger partial charge is 0.507 e. The number of para-hydroxylation sites is 1. The van der Waals surface area contributed by atoms with E-state index in [9.17, 15) is 9.50 Å². The molecule has 5 rings (SSSR count). The number of anilines is 1. The SMILES string of the molecule is Clc1ccccc1.Oc1ccc(F)cc1-c1nc(NC2CCNC2)c2ccccc2n1. The highest BCUT2D eigenvalue weighted by molar-refractivity contribution is 6.30. The maximum absolute atomic E-state index is 13.6. The predicted octanol–water partition coefficient (Wildman–Crippen LogP) is 5.26. The van der Waals surface area contributed by atoms with Crippen molar-refractivity contribution in [1.29, 1.82) is 0 Å². The van der Waals surface area contributed by atoms with Crippen molar-refractivity contribution < 1.29 is 9.50 Å². The second-order valence-electron chi connectivity index (χ2n) is 7.20. The molecule has 1 aliphatic heterocycles. The summed E-state index contributed by atoms with van der Waals surface area (Å²) in [5.74, 6) is 0.529. The highest BCUT2D eigenvalue weighted by Crippen LogP contribution is 2.31. The second kappa shape index (κ2) is 9.73. The lowest BCUT2D eigenvalue weighted by Crippen LogP contribution is -2.23. The number of phenolic OH excluding ortho intramolecular Hbond substituents is 1. The van der Waals surface area contributed by atoms with Crippen LogP contribution in [0.3, 0.4) is 0 Å². The van der Waals surface area contributed by atoms with Gasteiger partial charge in [-0.3, -0.25) is 0 Å². The highest BCUT2D eigenvalue weighted by Gasteiger charge is 2.18. The molecule has 0 saturated carbocycles. The van der Waals surface area contributed by atoms with Gasteiger partial charge < -0.3 is 15.7 Å². The molecule has 1 fully saturated rings. The van der Waals surface area contributed by atoms with E-state index in [1.807, 2.05) is 54.6 Å². The molecule has 3 N–H and O–H groups in total. The third-order valence-corrected chi connectivity index (χ3v) is 5.19. The molecule has 1 aliphatic rings. The number of rotatable bonds is 3. The maximum atomic E-state index is 13.6. The minimum absolute atomic E-state index is 0.0415. The predicted molar refractivity (Wildman–Crippen MR) is 123 cm³/mol. The Balaban J connectivity index is 0.000000282. The fraction of sp³-hybridized carbons (Fsp3) is 0.167. The Hall–Kier alpha value is -3.22. The lowest BCUT2D eigenvalue weighted by Gasteiger charge is -2.15. The van der Waals surface area contributed by atoms with Gasteiger partial charge in [0.15, 0.2) is 5.82 Å². The van der Waals surface area contributed by atoms with E-state index in [2.05, 4.69) is 20.6 Å². The van der Waals surface area contributed by atoms with Gasteiger partial charge in [-0.25, -0.2) is 14.4 Å². The molecule has 0 amide bonds. The van der Waals surface area contributed by atoms with Gasteiger partial charge in [0.25, 0.3) is 0 Å². The molecule has 1 aromatic heterocycles. The topological polar surface area (TPSA) is 70.1 Å². The smallest absolute Gasteiger partial charge is 0.165 e. The van der Waals surface area contributed by atoms with Crippen LogP contribution in [0.15, 0.2) is 72.8 Å². The molecule has 4 aromatic rings. The van der Waals surface area contributed by atoms with Crippen molar-refractivity contribution in [2.45, 2.75) is 12.5 Å². The van der Waals surface area contributed by atoms with E-state index in [-0.39, 0.29) is 17.4 Å². The van der Waals surface area contributed by atoms with Gasteiger partial charge >= 0.3 is 0 Å². The Bertz CT molecular complexity index is 1170. The number of phenols is 1. The molecule has 0 radical (unpaired) electrons. The number of nitrogens with zero attached hydrogens (tertiary/aromatic N) is 2. The molecule has 1 unspecified atom stereocenters. The molecule has 1 atom stereocenters. The number of aromatic nitrogens is 2. The molecule has 0 bridgehead atoms. The van der Waals surface area contributed by atoms with Crippen molar-refractivity contribution in [2.75, 3.05) is 18.4 Å². The third kappa shape index (κ3) is 5.29. The molecule has 0 spiro atoms. The molecule has 7 heteroatoms. The van der Waals surface area contributed by atoms with Crippen LogP contribution in [0, 0.1) is 5.82 Å². The van der Waals surface area contributed by atoms with Gasteiger partial charge in [0.1, 0.15) is 17.4 Å². The molecule has 31 heavy (non-hydrogen) atoms. The summed E-state index contributed by atoms with van der Waals surface area (Å²) in [7, 11) is 0. The highest BCUT2D eigenvalue weighted by atomic mass is 35.5. The number of benzene rings is 3. The zero-order valence-electron chi connectivity index (χ0n) is 16.7. The van der Waals surface area contributed by atoms with Crippen LogP contribution in [0.5, 0.6) is 5.75 Å². The van der Waals surface area contributed by atoms with Gasteiger partial charge in [-0.2, -0.15) is 0 Å². The number of nitrogens with one attached hydrogen (secondary N) is 2. The molecular formula is C24H22ClFN4O. The summed E-state index contributed by atoms with van der Waals surface area (Å²) >= 11 is 5.54. The van der Waals surface area contributed by atoms with Crippen LogP contribution in [-0.2, 0) is 0 Å². The number of aromatic hydroxyl groups is 1. The summed E-state index contributed by atoms with van der Waals surface area (Å²) in [4.78, 5) is 9.05. The van der Waals surface area contributed by atoms with Crippen molar-refractivity contribution in [3.8, 4) is 17.1 Å². The Labute approximate surface area is 184 Å². The zero-order chi connectivity index (χ0) is 21.6. The van der Waals surface area contributed by atoms with Crippen LogP contribution in [0.1, 0.15) is 6.42 Å². The first-order valence-corrected chi connectivity index (χ1v) is 10.4. The standard InChI is InChI=1S/C18H17FN4O.C6H5Cl/c19-11-5-6-16(24)14(9-11)18-22-15-4-2-1-3-13(15)17(23-18)21-12-7-8-20-10-12;7-6-4-2-1-3-5-6/h1-6,9,12,20,24H,7-8,10H2,(H,21,22,23);1-5H. The summed E-state index contributed by atoms with van der Waals surface area (Å²) in [6, 6.07) is 21.2. The number of halogens is 2. The first-order valence-electron chi connectivity index (χ1n) is 10.0. The van der Waals surface area contributed by atoms with Gasteiger partial charge in [0, 0.05) is 23.0 Å². The van der Waals surface area contributed by atoms with Gasteiger partial charge in [0.2, 0.25) is 0 Å². The molecule has 0 aliphatic carbocycles. The van der Waals surface area contributed by atoms with E-state index in [0.29, 0.717) is 11.6 Å². The number of hydrogen-bond donors (Lipinski definition) is 3. The monoisotopic (exact) mass is 436 g/mol. The van der Waals surface area contributed by atoms with Crippen LogP contribution in [-0.4, -0.2) is 34.2 Å². The minimum atomic E-state index is -0.436. The fourth-order valence-corrected chi connectivity index (χ4v) is 3.53. The molecule has 2 heterocycles. The first kappa shape index (κ1) is 21.0. The van der Waals surface area contributed by atoms with Crippen molar-refractivity contribution in [3.63, 3.8) is 0 Å². The van der Waals surface area contributed by atoms with Crippen molar-refractivity contribution in [3.05, 3.63) is 83.6 Å². The molecular weight excluding hydrogens is 415 g/mol. The van der Waals surface area contributed by atoms with E-state index in [1.165, 1.54) is 18.2 Å². The fourth-order valence-electron chi connectivity index (χ4n) is 3.38. The summed E-state index contributed by atoms with van der Waals surface area (Å²) < 4.78 is 13.6. The molecule has 5 nitrogen and oxygen atoms in total. The Morgan fingerprint density at radius 1 is 1.00 bits per heavy atom. The van der Waals surface area contributed by atoms with Crippen molar-refractivity contribution in [2.24, 2.45) is 0 Å². The molecule has 3 aromatic carbocycles. The minimum Gasteiger partial charge on any atom is -0.507 e. The van der Waals surface area contributed by atoms with Crippen molar-refractivity contribution in [1.82, 2.24) is 15.3 Å². The second-order valence-corrected chi connectivity index (χ2v) is 7.64. The van der Waals surface area contributed by atoms with Crippen molar-refractivity contribution >= 4 is 28.3 Å². The average molecular weight is 437 g/mol. The van der Waals surface area contributed by atoms with E-state index in [1.54, 1.807) is 0 Å². The molecule has 1 saturated heterocycles. The maximum Gasteiger partial charge on any atom is 0.165 e. The number of hydrogen-bond acceptors (Lipinski definition) is 5. The lowest BCUT2D eigenvalue weighted by atomic mass is 10.1. The van der Waals surface area contributed by atoms with Crippen LogP contribution >= 0.6 is 11.6 Å². The third-order valence-electron chi connectivity index (χ3n) is 4.94. The molecule has 158 valence electrons. The van der Waals surface area contributed by atoms with Crippen LogP contribution in [0.2, 0.25) is 5.02 Å². The number of fused-ring (bicyclic) bond motifs is 1. The zero-order valence-corrected chi connectivity index (χ0v) is 17.5. The van der Waals surface area contributed by atoms with E-state index >= 15 is 0 Å². The van der Waals surface area contributed by atoms with Crippen LogP contribution in [0.4, 0.5) is 10.2 Å². The van der Waals surface area contributed by atoms with Gasteiger partial charge in [0.05, 0.1) is 11.1 Å². The van der Waals surface area contributed by atoms with Gasteiger partial charge in [-0.15, -0.1) is 0 Å². The van der Waals surface area contributed by atoms with E-state index in [0.717, 1.165) is 35.4 Å². The summed E-state index contributed by atoms with van der Waals surface area (Å²) in [6.07, 6.45) is 1.01. The summed E-state index contributed by atoms with van der Waals surface area (Å²) in [5, 5.41) is 18.5. The summed E-state index contributed by atoms with van der Waals surface area (Å²) in [6.45, 7) is 1.84. The quantitative estimate of drug-likeness (QED) is 0.409. The lowest BCUT2D eigenvalue weighted by molar-refractivity contribution is 0.475. The normalized spacial score (nSPS) is 15.4. The van der Waals surface area contributed by atoms with E-state index < -0.39 is 5.82 Å². The summed E-state index contributed by atoms with van der Waals surface area (Å²) in [5.41, 5.74) is 1.04. The Morgan fingerprint density at radius 3 is 2.48 bits per heavy atom. The average Bonchev–Trinajstić information content (AvgIpc) is 3.29. The van der Waals surface area contributed by atoms with Gasteiger partial charge in [-0.05, 0) is 55.4 Å².